The summed E-state index contributed by atoms with van der Waals surface area (Å²) >= 11 is 0. The van der Waals surface area contributed by atoms with Gasteiger partial charge in [-0.1, -0.05) is 295 Å². The highest BCUT2D eigenvalue weighted by atomic mass is 31.2. The molecule has 78 heavy (non-hydrogen) atoms. The lowest BCUT2D eigenvalue weighted by Gasteiger charge is -2.30. The number of likely N-dealkylation sites (N-methyl/N-ethyl adjacent to an activating group) is 1. The highest BCUT2D eigenvalue weighted by Gasteiger charge is 2.27. The number of esters is 1. The summed E-state index contributed by atoms with van der Waals surface area (Å²) in [6, 6.07) is -0.884. The lowest BCUT2D eigenvalue weighted by Crippen LogP contribution is -2.47. The van der Waals surface area contributed by atoms with Crippen LogP contribution in [0, 0.1) is 0 Å². The Kier molecular flexibility index (Phi) is 57.1. The maximum atomic E-state index is 13.6. The van der Waals surface area contributed by atoms with Crippen molar-refractivity contribution in [1.82, 2.24) is 5.32 Å². The summed E-state index contributed by atoms with van der Waals surface area (Å²) in [5.41, 5.74) is 0. The molecule has 0 heterocycles. The van der Waals surface area contributed by atoms with E-state index < -0.39 is 20.0 Å². The number of hydrogen-bond donors (Lipinski definition) is 1. The Morgan fingerprint density at radius 3 is 1.18 bits per heavy atom. The number of carbonyl (C=O) groups excluding carboxylic acids is 2. The van der Waals surface area contributed by atoms with Crippen molar-refractivity contribution in [1.29, 1.82) is 0 Å². The van der Waals surface area contributed by atoms with Crippen LogP contribution in [-0.2, 0) is 27.9 Å². The van der Waals surface area contributed by atoms with E-state index in [0.29, 0.717) is 17.4 Å². The largest absolute Gasteiger partial charge is 0.756 e. The molecule has 10 heteroatoms. The number of nitrogens with one attached hydrogen (secondary N) is 1. The molecule has 0 rings (SSSR count). The van der Waals surface area contributed by atoms with Gasteiger partial charge in [-0.25, -0.2) is 0 Å². The molecule has 0 spiro atoms. The molecule has 0 aliphatic carbocycles. The minimum absolute atomic E-state index is 0.0193. The van der Waals surface area contributed by atoms with Crippen LogP contribution < -0.4 is 10.2 Å². The van der Waals surface area contributed by atoms with Gasteiger partial charge in [0.15, 0.2) is 0 Å². The Hall–Kier alpha value is -1.77. The highest BCUT2D eigenvalue weighted by Crippen LogP contribution is 2.38. The number of ether oxygens (including phenoxy) is 1. The molecule has 1 N–H and O–H groups in total. The summed E-state index contributed by atoms with van der Waals surface area (Å²) in [5, 5.41) is 3.04. The second-order valence-electron chi connectivity index (χ2n) is 24.3. The lowest BCUT2D eigenvalue weighted by atomic mass is 10.0. The van der Waals surface area contributed by atoms with Gasteiger partial charge in [-0.05, 0) is 63.9 Å². The van der Waals surface area contributed by atoms with Gasteiger partial charge in [0.2, 0.25) is 5.91 Å². The highest BCUT2D eigenvalue weighted by molar-refractivity contribution is 7.45. The van der Waals surface area contributed by atoms with Crippen LogP contribution in [0.2, 0.25) is 0 Å². The van der Waals surface area contributed by atoms with E-state index in [1.54, 1.807) is 0 Å². The van der Waals surface area contributed by atoms with E-state index in [0.717, 1.165) is 64.2 Å². The molecular weight excluding hydrogens is 988 g/mol. The molecule has 0 radical (unpaired) electrons. The summed E-state index contributed by atoms with van der Waals surface area (Å²) in [7, 11) is 1.20. The zero-order chi connectivity index (χ0) is 57.2. The Morgan fingerprint density at radius 1 is 0.449 bits per heavy atom. The molecule has 3 unspecified atom stereocenters. The van der Waals surface area contributed by atoms with E-state index in [-0.39, 0.29) is 31.5 Å². The second kappa shape index (κ2) is 58.4. The Labute approximate surface area is 485 Å². The molecule has 1 amide bonds. The lowest BCUT2D eigenvalue weighted by molar-refractivity contribution is -0.870. The van der Waals surface area contributed by atoms with Crippen molar-refractivity contribution in [2.45, 2.75) is 348 Å². The quantitative estimate of drug-likeness (QED) is 0.0212. The van der Waals surface area contributed by atoms with Crippen LogP contribution in [0.1, 0.15) is 335 Å². The average Bonchev–Trinajstić information content (AvgIpc) is 3.40. The first kappa shape index (κ1) is 76.2. The minimum Gasteiger partial charge on any atom is -0.756 e. The fourth-order valence-electron chi connectivity index (χ4n) is 10.1. The standard InChI is InChI=1S/C68H131N2O7P/c1-7-10-13-16-19-22-25-28-30-32-33-34-35-36-37-39-41-43-46-49-52-55-58-61-68(72)77-66(59-56-53-50-47-44-27-24-21-18-15-12-9-3)65(64-76-78(73,74)75-63-62-70(4,5)6)69-67(71)60-57-54-51-48-45-42-40-38-31-29-26-23-20-17-14-11-8-2/h19,22,28,30,56,59,65-66H,7-18,20-21,23-27,29,31-55,57-58,60-64H2,1-6H3,(H-,69,71,73,74)/b22-19-,30-28-,59-56+. The van der Waals surface area contributed by atoms with Gasteiger partial charge in [-0.3, -0.25) is 14.2 Å². The molecule has 0 fully saturated rings. The summed E-state index contributed by atoms with van der Waals surface area (Å²) in [4.78, 5) is 40.1. The van der Waals surface area contributed by atoms with E-state index in [1.807, 2.05) is 33.3 Å². The van der Waals surface area contributed by atoms with Crippen molar-refractivity contribution >= 4 is 19.7 Å². The van der Waals surface area contributed by atoms with Gasteiger partial charge in [0.1, 0.15) is 19.3 Å². The smallest absolute Gasteiger partial charge is 0.306 e. The van der Waals surface area contributed by atoms with Crippen molar-refractivity contribution < 1.29 is 37.3 Å². The van der Waals surface area contributed by atoms with Crippen molar-refractivity contribution in [2.24, 2.45) is 0 Å². The maximum absolute atomic E-state index is 13.6. The third kappa shape index (κ3) is 58.9. The fourth-order valence-corrected chi connectivity index (χ4v) is 10.8. The molecule has 0 aliphatic rings. The molecule has 0 saturated heterocycles. The number of phosphoric acid groups is 1. The molecule has 0 aromatic carbocycles. The molecular formula is C68H131N2O7P. The van der Waals surface area contributed by atoms with Crippen molar-refractivity contribution in [3.63, 3.8) is 0 Å². The van der Waals surface area contributed by atoms with Gasteiger partial charge >= 0.3 is 5.97 Å². The predicted octanol–water partition coefficient (Wildman–Crippen LogP) is 20.4. The van der Waals surface area contributed by atoms with Gasteiger partial charge in [-0.15, -0.1) is 0 Å². The van der Waals surface area contributed by atoms with Crippen molar-refractivity contribution in [2.75, 3.05) is 40.9 Å². The monoisotopic (exact) mass is 1120 g/mol. The second-order valence-corrected chi connectivity index (χ2v) is 25.7. The number of quaternary nitrogens is 1. The summed E-state index contributed by atoms with van der Waals surface area (Å²) in [6.07, 6.45) is 71.1. The summed E-state index contributed by atoms with van der Waals surface area (Å²) in [6.45, 7) is 6.87. The maximum Gasteiger partial charge on any atom is 0.306 e. The van der Waals surface area contributed by atoms with Gasteiger partial charge in [-0.2, -0.15) is 0 Å². The number of allylic oxidation sites excluding steroid dienone is 5. The third-order valence-corrected chi connectivity index (χ3v) is 16.3. The van der Waals surface area contributed by atoms with E-state index in [4.69, 9.17) is 13.8 Å². The van der Waals surface area contributed by atoms with Crippen LogP contribution in [0.5, 0.6) is 0 Å². The number of rotatable bonds is 62. The van der Waals surface area contributed by atoms with Gasteiger partial charge in [0.05, 0.1) is 33.8 Å². The molecule has 9 nitrogen and oxygen atoms in total. The zero-order valence-corrected chi connectivity index (χ0v) is 53.5. The average molecular weight is 1120 g/mol. The Bertz CT molecular complexity index is 1430. The third-order valence-electron chi connectivity index (χ3n) is 15.3. The molecule has 3 atom stereocenters. The van der Waals surface area contributed by atoms with Crippen molar-refractivity contribution in [3.8, 4) is 0 Å². The predicted molar refractivity (Wildman–Crippen MR) is 335 cm³/mol. The molecule has 460 valence electrons. The Balaban J connectivity index is 5.10. The van der Waals surface area contributed by atoms with Crippen LogP contribution >= 0.6 is 7.82 Å². The van der Waals surface area contributed by atoms with Gasteiger partial charge in [0, 0.05) is 12.8 Å². The minimum atomic E-state index is -4.70. The molecule has 0 aliphatic heterocycles. The number of carbonyl (C=O) groups is 2. The number of hydrogen-bond acceptors (Lipinski definition) is 7. The SMILES string of the molecule is CCCCC/C=C\C/C=C\CCCCCCCCCCCCCCCC(=O)OC(/C=C/CCCCCCCCCCCC)C(COP(=O)([O-])OCC[N+](C)(C)C)NC(=O)CCCCCCCCCCCCCCCCCCC. The van der Waals surface area contributed by atoms with E-state index >= 15 is 0 Å². The summed E-state index contributed by atoms with van der Waals surface area (Å²) < 4.78 is 30.4. The van der Waals surface area contributed by atoms with E-state index in [1.165, 1.54) is 238 Å². The topological polar surface area (TPSA) is 114 Å². The first-order valence-electron chi connectivity index (χ1n) is 33.8. The first-order chi connectivity index (χ1) is 37.9. The van der Waals surface area contributed by atoms with Crippen LogP contribution in [0.25, 0.3) is 0 Å². The molecule has 0 aromatic heterocycles. The van der Waals surface area contributed by atoms with Crippen molar-refractivity contribution in [3.05, 3.63) is 36.5 Å². The normalized spacial score (nSPS) is 13.8. The molecule has 0 aromatic rings. The fraction of sp³-hybridized carbons (Fsp3) is 0.882. The Morgan fingerprint density at radius 2 is 0.782 bits per heavy atom. The van der Waals surface area contributed by atoms with Crippen LogP contribution in [0.3, 0.4) is 0 Å². The molecule has 0 saturated carbocycles. The van der Waals surface area contributed by atoms with Crippen LogP contribution in [0.15, 0.2) is 36.5 Å². The molecule has 0 bridgehead atoms. The van der Waals surface area contributed by atoms with E-state index in [2.05, 4.69) is 50.4 Å². The summed E-state index contributed by atoms with van der Waals surface area (Å²) in [5.74, 6) is -0.524. The van der Waals surface area contributed by atoms with Crippen LogP contribution in [0.4, 0.5) is 0 Å². The number of unbranched alkanes of at least 4 members (excludes halogenated alkanes) is 42. The first-order valence-corrected chi connectivity index (χ1v) is 35.3. The van der Waals surface area contributed by atoms with Gasteiger partial charge in [0.25, 0.3) is 7.82 Å². The van der Waals surface area contributed by atoms with Gasteiger partial charge < -0.3 is 28.5 Å². The number of amides is 1. The van der Waals surface area contributed by atoms with Crippen LogP contribution in [-0.4, -0.2) is 69.4 Å². The zero-order valence-electron chi connectivity index (χ0n) is 52.6. The van der Waals surface area contributed by atoms with E-state index in [9.17, 15) is 19.0 Å². The number of nitrogens with zero attached hydrogens (tertiary/aromatic N) is 1. The number of phosphoric ester groups is 1.